The summed E-state index contributed by atoms with van der Waals surface area (Å²) in [4.78, 5) is 22.6. The predicted octanol–water partition coefficient (Wildman–Crippen LogP) is -0.655. The average molecular weight is 200 g/mol. The van der Waals surface area contributed by atoms with E-state index in [4.69, 9.17) is 5.11 Å². The van der Waals surface area contributed by atoms with Crippen LogP contribution in [0.3, 0.4) is 0 Å². The number of aromatic nitrogens is 2. The highest BCUT2D eigenvalue weighted by atomic mass is 16.5. The van der Waals surface area contributed by atoms with Crippen LogP contribution < -0.4 is 5.56 Å². The molecule has 0 aliphatic heterocycles. The molecular formula is C8H12N2O4. The van der Waals surface area contributed by atoms with Gasteiger partial charge in [-0.05, 0) is 6.92 Å². The lowest BCUT2D eigenvalue weighted by atomic mass is 10.4. The molecule has 1 rings (SSSR count). The van der Waals surface area contributed by atoms with Crippen LogP contribution in [0.4, 0.5) is 0 Å². The minimum atomic E-state index is -0.648. The summed E-state index contributed by atoms with van der Waals surface area (Å²) in [6.45, 7) is 1.86. The number of nitrogens with zero attached hydrogens (tertiary/aromatic N) is 1. The number of carbonyl (C=O) groups is 1. The molecule has 0 saturated carbocycles. The number of aromatic amines is 1. The van der Waals surface area contributed by atoms with Gasteiger partial charge >= 0.3 is 5.97 Å². The van der Waals surface area contributed by atoms with E-state index >= 15 is 0 Å². The molecule has 0 radical (unpaired) electrons. The molecule has 0 aromatic carbocycles. The van der Waals surface area contributed by atoms with Crippen LogP contribution in [-0.4, -0.2) is 34.1 Å². The van der Waals surface area contributed by atoms with Gasteiger partial charge in [0, 0.05) is 6.20 Å². The van der Waals surface area contributed by atoms with Crippen molar-refractivity contribution in [2.24, 2.45) is 0 Å². The summed E-state index contributed by atoms with van der Waals surface area (Å²) in [6, 6.07) is 0. The van der Waals surface area contributed by atoms with E-state index in [0.29, 0.717) is 0 Å². The topological polar surface area (TPSA) is 84.3 Å². The lowest BCUT2D eigenvalue weighted by Crippen LogP contribution is -2.23. The smallest absolute Gasteiger partial charge is 0.345 e. The van der Waals surface area contributed by atoms with Gasteiger partial charge in [-0.2, -0.15) is 0 Å². The molecule has 0 spiro atoms. The van der Waals surface area contributed by atoms with Crippen molar-refractivity contribution in [1.82, 2.24) is 9.78 Å². The molecule has 0 fully saturated rings. The number of esters is 1. The van der Waals surface area contributed by atoms with Gasteiger partial charge in [0.1, 0.15) is 5.56 Å². The van der Waals surface area contributed by atoms with E-state index in [9.17, 15) is 9.59 Å². The van der Waals surface area contributed by atoms with Crippen LogP contribution in [-0.2, 0) is 11.3 Å². The quantitative estimate of drug-likeness (QED) is 0.632. The zero-order valence-electron chi connectivity index (χ0n) is 7.82. The lowest BCUT2D eigenvalue weighted by Gasteiger charge is -1.96. The van der Waals surface area contributed by atoms with Gasteiger partial charge in [-0.15, -0.1) is 0 Å². The van der Waals surface area contributed by atoms with Crippen molar-refractivity contribution >= 4 is 5.97 Å². The lowest BCUT2D eigenvalue weighted by molar-refractivity contribution is 0.0524. The third-order valence-corrected chi connectivity index (χ3v) is 1.66. The van der Waals surface area contributed by atoms with Crippen LogP contribution >= 0.6 is 0 Å². The van der Waals surface area contributed by atoms with Gasteiger partial charge in [-0.1, -0.05) is 0 Å². The van der Waals surface area contributed by atoms with E-state index in [2.05, 4.69) is 9.84 Å². The Labute approximate surface area is 80.1 Å². The summed E-state index contributed by atoms with van der Waals surface area (Å²) in [6.07, 6.45) is 1.27. The molecule has 2 N–H and O–H groups in total. The summed E-state index contributed by atoms with van der Waals surface area (Å²) in [5, 5.41) is 11.2. The fourth-order valence-electron chi connectivity index (χ4n) is 1.03. The van der Waals surface area contributed by atoms with Gasteiger partial charge in [0.2, 0.25) is 0 Å². The number of ether oxygens (including phenoxy) is 1. The molecule has 14 heavy (non-hydrogen) atoms. The molecule has 0 atom stereocenters. The fourth-order valence-corrected chi connectivity index (χ4v) is 1.03. The van der Waals surface area contributed by atoms with Crippen LogP contribution in [0.5, 0.6) is 0 Å². The molecule has 6 nitrogen and oxygen atoms in total. The van der Waals surface area contributed by atoms with E-state index in [0.717, 1.165) is 4.68 Å². The Bertz CT molecular complexity index is 366. The minimum Gasteiger partial charge on any atom is -0.462 e. The van der Waals surface area contributed by atoms with Crippen LogP contribution in [0.1, 0.15) is 17.3 Å². The normalized spacial score (nSPS) is 10.1. The molecule has 0 bridgehead atoms. The summed E-state index contributed by atoms with van der Waals surface area (Å²) >= 11 is 0. The molecule has 0 aliphatic carbocycles. The Morgan fingerprint density at radius 1 is 1.71 bits per heavy atom. The average Bonchev–Trinajstić information content (AvgIpc) is 2.49. The zero-order chi connectivity index (χ0) is 10.6. The summed E-state index contributed by atoms with van der Waals surface area (Å²) in [5.74, 6) is -0.648. The van der Waals surface area contributed by atoms with E-state index in [-0.39, 0.29) is 25.3 Å². The number of hydrogen-bond donors (Lipinski definition) is 2. The Morgan fingerprint density at radius 3 is 3.00 bits per heavy atom. The number of H-pyrrole nitrogens is 1. The second kappa shape index (κ2) is 4.61. The number of aliphatic hydroxyl groups excluding tert-OH is 1. The maximum atomic E-state index is 11.4. The summed E-state index contributed by atoms with van der Waals surface area (Å²) < 4.78 is 5.81. The molecule has 0 amide bonds. The fraction of sp³-hybridized carbons (Fsp3) is 0.500. The van der Waals surface area contributed by atoms with Crippen LogP contribution in [0.15, 0.2) is 11.0 Å². The first-order chi connectivity index (χ1) is 6.70. The van der Waals surface area contributed by atoms with E-state index in [1.54, 1.807) is 6.92 Å². The van der Waals surface area contributed by atoms with Gasteiger partial charge in [-0.25, -0.2) is 4.79 Å². The maximum absolute atomic E-state index is 11.4. The van der Waals surface area contributed by atoms with E-state index in [1.807, 2.05) is 0 Å². The van der Waals surface area contributed by atoms with Crippen LogP contribution in [0.2, 0.25) is 0 Å². The Kier molecular flexibility index (Phi) is 3.47. The highest BCUT2D eigenvalue weighted by Gasteiger charge is 2.14. The van der Waals surface area contributed by atoms with Crippen molar-refractivity contribution in [2.45, 2.75) is 13.5 Å². The van der Waals surface area contributed by atoms with Gasteiger partial charge in [0.25, 0.3) is 5.56 Å². The minimum absolute atomic E-state index is 0.0414. The zero-order valence-corrected chi connectivity index (χ0v) is 7.82. The highest BCUT2D eigenvalue weighted by molar-refractivity contribution is 5.88. The van der Waals surface area contributed by atoms with Gasteiger partial charge in [0.15, 0.2) is 0 Å². The molecule has 78 valence electrons. The number of aliphatic hydroxyl groups is 1. The third kappa shape index (κ3) is 2.02. The predicted molar refractivity (Wildman–Crippen MR) is 48.1 cm³/mol. The van der Waals surface area contributed by atoms with Crippen LogP contribution in [0, 0.1) is 0 Å². The van der Waals surface area contributed by atoms with Crippen molar-refractivity contribution in [3.63, 3.8) is 0 Å². The second-order valence-electron chi connectivity index (χ2n) is 2.59. The largest absolute Gasteiger partial charge is 0.462 e. The first-order valence-electron chi connectivity index (χ1n) is 4.27. The molecular weight excluding hydrogens is 188 g/mol. The third-order valence-electron chi connectivity index (χ3n) is 1.66. The molecule has 0 saturated heterocycles. The first-order valence-corrected chi connectivity index (χ1v) is 4.27. The van der Waals surface area contributed by atoms with Crippen molar-refractivity contribution in [3.05, 3.63) is 22.1 Å². The number of hydrogen-bond acceptors (Lipinski definition) is 4. The first kappa shape index (κ1) is 10.5. The Hall–Kier alpha value is -1.56. The maximum Gasteiger partial charge on any atom is 0.345 e. The molecule has 1 heterocycles. The van der Waals surface area contributed by atoms with Crippen molar-refractivity contribution in [1.29, 1.82) is 0 Å². The van der Waals surface area contributed by atoms with Gasteiger partial charge < -0.3 is 14.9 Å². The second-order valence-corrected chi connectivity index (χ2v) is 2.59. The summed E-state index contributed by atoms with van der Waals surface area (Å²) in [7, 11) is 0. The number of nitrogens with one attached hydrogen (secondary N) is 1. The van der Waals surface area contributed by atoms with E-state index in [1.165, 1.54) is 6.20 Å². The number of carbonyl (C=O) groups excluding carboxylic acids is 1. The molecule has 0 aliphatic rings. The highest BCUT2D eigenvalue weighted by Crippen LogP contribution is 1.93. The Balaban J connectivity index is 2.89. The molecule has 1 aromatic rings. The van der Waals surface area contributed by atoms with Crippen molar-refractivity contribution in [2.75, 3.05) is 13.2 Å². The Morgan fingerprint density at radius 2 is 2.43 bits per heavy atom. The SMILES string of the molecule is CCOC(=O)c1c[nH]n(CCO)c1=O. The van der Waals surface area contributed by atoms with Crippen LogP contribution in [0.25, 0.3) is 0 Å². The molecule has 1 aromatic heterocycles. The van der Waals surface area contributed by atoms with Crippen molar-refractivity contribution in [3.8, 4) is 0 Å². The standard InChI is InChI=1S/C8H12N2O4/c1-2-14-8(13)6-5-9-10(3-4-11)7(6)12/h5,9,11H,2-4H2,1H3. The van der Waals surface area contributed by atoms with Crippen molar-refractivity contribution < 1.29 is 14.6 Å². The van der Waals surface area contributed by atoms with E-state index < -0.39 is 11.5 Å². The van der Waals surface area contributed by atoms with Gasteiger partial charge in [-0.3, -0.25) is 9.48 Å². The molecule has 6 heteroatoms. The molecule has 0 unspecified atom stereocenters. The monoisotopic (exact) mass is 200 g/mol. The van der Waals surface area contributed by atoms with Gasteiger partial charge in [0.05, 0.1) is 19.8 Å². The summed E-state index contributed by atoms with van der Waals surface area (Å²) in [5.41, 5.74) is -0.516. The number of rotatable bonds is 4.